The number of aromatic nitrogens is 1. The Morgan fingerprint density at radius 2 is 2.09 bits per heavy atom. The number of nitrogens with zero attached hydrogens (tertiary/aromatic N) is 1. The lowest BCUT2D eigenvalue weighted by Gasteiger charge is -2.04. The maximum absolute atomic E-state index is 11.2. The van der Waals surface area contributed by atoms with Crippen molar-refractivity contribution >= 4 is 39.2 Å². The lowest BCUT2D eigenvalue weighted by Crippen LogP contribution is -1.97. The molecule has 3 rings (SSSR count). The maximum atomic E-state index is 11.2. The normalized spacial score (nSPS) is 11.6. The standard InChI is InChI=1S/C18H15NO3S/c1-22-14-6-4-5-12(10-14)9-13(11-17(20)21)18-19-15-7-2-3-8-16(15)23-18/h2-10H,11H2,1H3,(H,20,21). The van der Waals surface area contributed by atoms with Gasteiger partial charge in [-0.15, -0.1) is 11.3 Å². The van der Waals surface area contributed by atoms with Gasteiger partial charge in [-0.1, -0.05) is 24.3 Å². The Balaban J connectivity index is 2.05. The fourth-order valence-corrected chi connectivity index (χ4v) is 3.27. The highest BCUT2D eigenvalue weighted by Crippen LogP contribution is 2.30. The Labute approximate surface area is 137 Å². The second kappa shape index (κ2) is 6.62. The van der Waals surface area contributed by atoms with Crippen molar-refractivity contribution < 1.29 is 14.6 Å². The quantitative estimate of drug-likeness (QED) is 0.759. The highest BCUT2D eigenvalue weighted by Gasteiger charge is 2.12. The van der Waals surface area contributed by atoms with Gasteiger partial charge >= 0.3 is 5.97 Å². The number of hydrogen-bond acceptors (Lipinski definition) is 4. The Bertz CT molecular complexity index is 850. The second-order valence-corrected chi connectivity index (χ2v) is 6.03. The molecule has 0 amide bonds. The molecule has 0 spiro atoms. The van der Waals surface area contributed by atoms with Gasteiger partial charge in [-0.25, -0.2) is 4.98 Å². The molecule has 0 aliphatic carbocycles. The molecule has 1 aromatic heterocycles. The van der Waals surface area contributed by atoms with Gasteiger partial charge in [-0.05, 0) is 41.5 Å². The molecule has 23 heavy (non-hydrogen) atoms. The Morgan fingerprint density at radius 1 is 1.26 bits per heavy atom. The SMILES string of the molecule is COc1cccc(C=C(CC(=O)O)c2nc3ccccc3s2)c1. The third-order valence-corrected chi connectivity index (χ3v) is 4.46. The molecule has 0 fully saturated rings. The summed E-state index contributed by atoms with van der Waals surface area (Å²) < 4.78 is 6.26. The van der Waals surface area contributed by atoms with E-state index in [1.807, 2.05) is 54.6 Å². The summed E-state index contributed by atoms with van der Waals surface area (Å²) in [5, 5.41) is 9.94. The van der Waals surface area contributed by atoms with Crippen molar-refractivity contribution in [2.75, 3.05) is 7.11 Å². The molecule has 4 nitrogen and oxygen atoms in total. The number of aliphatic carboxylic acids is 1. The number of rotatable bonds is 5. The molecule has 3 aromatic rings. The predicted molar refractivity (Wildman–Crippen MR) is 92.7 cm³/mol. The third kappa shape index (κ3) is 3.57. The number of methoxy groups -OCH3 is 1. The van der Waals surface area contributed by atoms with Crippen LogP contribution in [0, 0.1) is 0 Å². The summed E-state index contributed by atoms with van der Waals surface area (Å²) in [6.45, 7) is 0. The first-order valence-electron chi connectivity index (χ1n) is 7.08. The third-order valence-electron chi connectivity index (χ3n) is 3.34. The number of para-hydroxylation sites is 1. The molecule has 1 N–H and O–H groups in total. The molecule has 0 unspecified atom stereocenters. The number of fused-ring (bicyclic) bond motifs is 1. The van der Waals surface area contributed by atoms with Crippen molar-refractivity contribution in [1.82, 2.24) is 4.98 Å². The van der Waals surface area contributed by atoms with E-state index in [0.717, 1.165) is 26.5 Å². The highest BCUT2D eigenvalue weighted by molar-refractivity contribution is 7.19. The summed E-state index contributed by atoms with van der Waals surface area (Å²) in [7, 11) is 1.61. The molecule has 2 aromatic carbocycles. The molecule has 116 valence electrons. The molecule has 0 saturated carbocycles. The van der Waals surface area contributed by atoms with Crippen molar-refractivity contribution in [1.29, 1.82) is 0 Å². The van der Waals surface area contributed by atoms with Crippen LogP contribution in [0.15, 0.2) is 48.5 Å². The van der Waals surface area contributed by atoms with Crippen LogP contribution in [0.4, 0.5) is 0 Å². The summed E-state index contributed by atoms with van der Waals surface area (Å²) >= 11 is 1.50. The zero-order chi connectivity index (χ0) is 16.2. The van der Waals surface area contributed by atoms with Gasteiger partial charge in [0.25, 0.3) is 0 Å². The zero-order valence-corrected chi connectivity index (χ0v) is 13.3. The average Bonchev–Trinajstić information content (AvgIpc) is 2.98. The largest absolute Gasteiger partial charge is 0.497 e. The minimum absolute atomic E-state index is 0.0724. The number of thiazole rings is 1. The van der Waals surface area contributed by atoms with E-state index in [0.29, 0.717) is 5.57 Å². The monoisotopic (exact) mass is 325 g/mol. The molecule has 1 heterocycles. The number of hydrogen-bond donors (Lipinski definition) is 1. The van der Waals surface area contributed by atoms with E-state index in [1.54, 1.807) is 7.11 Å². The van der Waals surface area contributed by atoms with Crippen LogP contribution >= 0.6 is 11.3 Å². The average molecular weight is 325 g/mol. The number of benzene rings is 2. The first kappa shape index (κ1) is 15.2. The molecular formula is C18H15NO3S. The minimum Gasteiger partial charge on any atom is -0.497 e. The van der Waals surface area contributed by atoms with Gasteiger partial charge in [0, 0.05) is 0 Å². The zero-order valence-electron chi connectivity index (χ0n) is 12.5. The van der Waals surface area contributed by atoms with Crippen molar-refractivity contribution in [3.05, 3.63) is 59.1 Å². The number of ether oxygens (including phenoxy) is 1. The van der Waals surface area contributed by atoms with Crippen LogP contribution in [-0.2, 0) is 4.79 Å². The van der Waals surface area contributed by atoms with E-state index in [9.17, 15) is 9.90 Å². The van der Waals surface area contributed by atoms with Crippen LogP contribution in [-0.4, -0.2) is 23.2 Å². The van der Waals surface area contributed by atoms with Crippen LogP contribution in [0.1, 0.15) is 17.0 Å². The smallest absolute Gasteiger partial charge is 0.307 e. The van der Waals surface area contributed by atoms with E-state index in [2.05, 4.69) is 4.98 Å². The van der Waals surface area contributed by atoms with Gasteiger partial charge in [-0.3, -0.25) is 4.79 Å². The topological polar surface area (TPSA) is 59.4 Å². The van der Waals surface area contributed by atoms with E-state index in [-0.39, 0.29) is 6.42 Å². The van der Waals surface area contributed by atoms with Crippen LogP contribution in [0.5, 0.6) is 5.75 Å². The Kier molecular flexibility index (Phi) is 4.39. The first-order valence-corrected chi connectivity index (χ1v) is 7.90. The lowest BCUT2D eigenvalue weighted by atomic mass is 10.1. The van der Waals surface area contributed by atoms with Crippen LogP contribution in [0.25, 0.3) is 21.9 Å². The van der Waals surface area contributed by atoms with E-state index >= 15 is 0 Å². The van der Waals surface area contributed by atoms with Gasteiger partial charge < -0.3 is 9.84 Å². The van der Waals surface area contributed by atoms with Crippen LogP contribution < -0.4 is 4.74 Å². The summed E-state index contributed by atoms with van der Waals surface area (Å²) in [4.78, 5) is 15.8. The van der Waals surface area contributed by atoms with Crippen molar-refractivity contribution in [2.45, 2.75) is 6.42 Å². The first-order chi connectivity index (χ1) is 11.2. The number of carboxylic acid groups (broad SMARTS) is 1. The predicted octanol–water partition coefficient (Wildman–Crippen LogP) is 4.32. The highest BCUT2D eigenvalue weighted by atomic mass is 32.1. The van der Waals surface area contributed by atoms with Gasteiger partial charge in [0.15, 0.2) is 0 Å². The summed E-state index contributed by atoms with van der Waals surface area (Å²) in [6.07, 6.45) is 1.78. The molecule has 0 aliphatic rings. The number of carboxylic acids is 1. The minimum atomic E-state index is -0.876. The fraction of sp³-hybridized carbons (Fsp3) is 0.111. The fourth-order valence-electron chi connectivity index (χ4n) is 2.29. The molecule has 0 radical (unpaired) electrons. The van der Waals surface area contributed by atoms with Crippen molar-refractivity contribution in [3.63, 3.8) is 0 Å². The van der Waals surface area contributed by atoms with E-state index in [4.69, 9.17) is 4.74 Å². The molecular weight excluding hydrogens is 310 g/mol. The van der Waals surface area contributed by atoms with Gasteiger partial charge in [0.2, 0.25) is 0 Å². The van der Waals surface area contributed by atoms with Gasteiger partial charge in [-0.2, -0.15) is 0 Å². The molecule has 0 atom stereocenters. The van der Waals surface area contributed by atoms with Crippen LogP contribution in [0.3, 0.4) is 0 Å². The van der Waals surface area contributed by atoms with Gasteiger partial charge in [0.1, 0.15) is 10.8 Å². The van der Waals surface area contributed by atoms with Gasteiger partial charge in [0.05, 0.1) is 23.7 Å². The molecule has 0 bridgehead atoms. The lowest BCUT2D eigenvalue weighted by molar-refractivity contribution is -0.135. The van der Waals surface area contributed by atoms with Crippen LogP contribution in [0.2, 0.25) is 0 Å². The van der Waals surface area contributed by atoms with E-state index < -0.39 is 5.97 Å². The van der Waals surface area contributed by atoms with Crippen molar-refractivity contribution in [2.24, 2.45) is 0 Å². The Morgan fingerprint density at radius 3 is 2.83 bits per heavy atom. The second-order valence-electron chi connectivity index (χ2n) is 5.00. The summed E-state index contributed by atoms with van der Waals surface area (Å²) in [5.41, 5.74) is 2.46. The van der Waals surface area contributed by atoms with E-state index in [1.165, 1.54) is 11.3 Å². The molecule has 5 heteroatoms. The molecule has 0 aliphatic heterocycles. The molecule has 0 saturated heterocycles. The Hall–Kier alpha value is -2.66. The number of carbonyl (C=O) groups is 1. The van der Waals surface area contributed by atoms with Crippen molar-refractivity contribution in [3.8, 4) is 5.75 Å². The summed E-state index contributed by atoms with van der Waals surface area (Å²) in [6, 6.07) is 15.3. The maximum Gasteiger partial charge on any atom is 0.307 e. The summed E-state index contributed by atoms with van der Waals surface area (Å²) in [5.74, 6) is -0.142.